The SMILES string of the molecule is CNCCC(Nc1cc(Cl)c(F)cc1C#N)c1ccccc1. The van der Waals surface area contributed by atoms with Crippen LogP contribution in [0.5, 0.6) is 0 Å². The fourth-order valence-corrected chi connectivity index (χ4v) is 2.41. The van der Waals surface area contributed by atoms with Crippen LogP contribution in [0.4, 0.5) is 10.1 Å². The van der Waals surface area contributed by atoms with Crippen LogP contribution in [0.2, 0.25) is 5.02 Å². The van der Waals surface area contributed by atoms with Crippen LogP contribution in [0.3, 0.4) is 0 Å². The van der Waals surface area contributed by atoms with Crippen molar-refractivity contribution in [2.75, 3.05) is 18.9 Å². The minimum absolute atomic E-state index is 0.00179. The van der Waals surface area contributed by atoms with Gasteiger partial charge in [0.25, 0.3) is 0 Å². The molecule has 2 aromatic carbocycles. The summed E-state index contributed by atoms with van der Waals surface area (Å²) in [4.78, 5) is 0. The summed E-state index contributed by atoms with van der Waals surface area (Å²) in [7, 11) is 1.89. The second-order valence-electron chi connectivity index (χ2n) is 4.92. The van der Waals surface area contributed by atoms with Crippen LogP contribution in [0.1, 0.15) is 23.6 Å². The van der Waals surface area contributed by atoms with Crippen molar-refractivity contribution in [1.29, 1.82) is 5.26 Å². The van der Waals surface area contributed by atoms with Crippen molar-refractivity contribution in [3.05, 3.63) is 64.4 Å². The largest absolute Gasteiger partial charge is 0.377 e. The molecule has 0 aliphatic carbocycles. The van der Waals surface area contributed by atoms with Crippen LogP contribution in [-0.2, 0) is 0 Å². The third kappa shape index (κ3) is 3.97. The Morgan fingerprint density at radius 1 is 1.27 bits per heavy atom. The summed E-state index contributed by atoms with van der Waals surface area (Å²) in [5, 5.41) is 15.6. The van der Waals surface area contributed by atoms with Crippen LogP contribution in [0, 0.1) is 17.1 Å². The molecular weight excluding hydrogens is 301 g/mol. The van der Waals surface area contributed by atoms with Gasteiger partial charge in [0.15, 0.2) is 0 Å². The second-order valence-corrected chi connectivity index (χ2v) is 5.33. The molecule has 0 aliphatic heterocycles. The molecule has 2 rings (SSSR count). The summed E-state index contributed by atoms with van der Waals surface area (Å²) in [5.41, 5.74) is 1.88. The summed E-state index contributed by atoms with van der Waals surface area (Å²) >= 11 is 5.84. The van der Waals surface area contributed by atoms with Crippen LogP contribution in [0.25, 0.3) is 0 Å². The van der Waals surface area contributed by atoms with Crippen LogP contribution in [-0.4, -0.2) is 13.6 Å². The van der Waals surface area contributed by atoms with E-state index in [-0.39, 0.29) is 16.6 Å². The van der Waals surface area contributed by atoms with E-state index in [4.69, 9.17) is 11.6 Å². The monoisotopic (exact) mass is 317 g/mol. The first-order valence-corrected chi connectivity index (χ1v) is 7.38. The number of nitrogens with one attached hydrogen (secondary N) is 2. The quantitative estimate of drug-likeness (QED) is 0.842. The normalized spacial score (nSPS) is 11.7. The van der Waals surface area contributed by atoms with E-state index in [1.54, 1.807) is 0 Å². The predicted octanol–water partition coefficient (Wildman–Crippen LogP) is 4.11. The maximum absolute atomic E-state index is 13.5. The molecule has 0 fully saturated rings. The van der Waals surface area contributed by atoms with Crippen molar-refractivity contribution in [2.45, 2.75) is 12.5 Å². The molecule has 2 N–H and O–H groups in total. The third-order valence-electron chi connectivity index (χ3n) is 3.40. The number of anilines is 1. The maximum Gasteiger partial charge on any atom is 0.143 e. The number of benzene rings is 2. The molecule has 5 heteroatoms. The molecule has 0 spiro atoms. The molecule has 1 unspecified atom stereocenters. The first kappa shape index (κ1) is 16.3. The van der Waals surface area contributed by atoms with Crippen molar-refractivity contribution >= 4 is 17.3 Å². The zero-order valence-corrected chi connectivity index (χ0v) is 13.0. The molecule has 3 nitrogen and oxygen atoms in total. The summed E-state index contributed by atoms with van der Waals surface area (Å²) in [6.07, 6.45) is 0.820. The summed E-state index contributed by atoms with van der Waals surface area (Å²) < 4.78 is 13.5. The van der Waals surface area contributed by atoms with Gasteiger partial charge in [-0.05, 0) is 37.7 Å². The van der Waals surface area contributed by atoms with Crippen LogP contribution < -0.4 is 10.6 Å². The van der Waals surface area contributed by atoms with Gasteiger partial charge < -0.3 is 10.6 Å². The first-order chi connectivity index (χ1) is 10.7. The molecule has 0 bridgehead atoms. The topological polar surface area (TPSA) is 47.8 Å². The molecule has 0 saturated carbocycles. The molecule has 0 amide bonds. The summed E-state index contributed by atoms with van der Waals surface area (Å²) in [6.45, 7) is 0.809. The van der Waals surface area contributed by atoms with Gasteiger partial charge in [0.2, 0.25) is 0 Å². The van der Waals surface area contributed by atoms with Crippen LogP contribution in [0.15, 0.2) is 42.5 Å². The van der Waals surface area contributed by atoms with Crippen molar-refractivity contribution in [1.82, 2.24) is 5.32 Å². The Balaban J connectivity index is 2.31. The van der Waals surface area contributed by atoms with E-state index < -0.39 is 5.82 Å². The highest BCUT2D eigenvalue weighted by atomic mass is 35.5. The molecular formula is C17H17ClFN3. The molecule has 0 aliphatic rings. The Bertz CT molecular complexity index is 668. The lowest BCUT2D eigenvalue weighted by Gasteiger charge is -2.21. The van der Waals surface area contributed by atoms with Crippen molar-refractivity contribution in [2.24, 2.45) is 0 Å². The molecule has 0 radical (unpaired) electrons. The average molecular weight is 318 g/mol. The smallest absolute Gasteiger partial charge is 0.143 e. The Hall–Kier alpha value is -2.09. The van der Waals surface area contributed by atoms with E-state index in [9.17, 15) is 9.65 Å². The van der Waals surface area contributed by atoms with Gasteiger partial charge in [0, 0.05) is 0 Å². The van der Waals surface area contributed by atoms with Gasteiger partial charge in [-0.15, -0.1) is 0 Å². The van der Waals surface area contributed by atoms with Gasteiger partial charge in [-0.1, -0.05) is 41.9 Å². The Kier molecular flexibility index (Phi) is 5.76. The standard InChI is InChI=1S/C17H17ClFN3/c1-21-8-7-16(12-5-3-2-4-6-12)22-17-10-14(18)15(19)9-13(17)11-20/h2-6,9-10,16,21-22H,7-8H2,1H3. The lowest BCUT2D eigenvalue weighted by Crippen LogP contribution is -2.18. The minimum Gasteiger partial charge on any atom is -0.377 e. The summed E-state index contributed by atoms with van der Waals surface area (Å²) in [5.74, 6) is -0.588. The number of hydrogen-bond donors (Lipinski definition) is 2. The molecule has 1 atom stereocenters. The first-order valence-electron chi connectivity index (χ1n) is 7.01. The lowest BCUT2D eigenvalue weighted by molar-refractivity contribution is 0.626. The lowest BCUT2D eigenvalue weighted by atomic mass is 10.0. The number of nitriles is 1. The second kappa shape index (κ2) is 7.79. The van der Waals surface area contributed by atoms with Crippen molar-refractivity contribution in [3.8, 4) is 6.07 Å². The zero-order chi connectivity index (χ0) is 15.9. The molecule has 0 saturated heterocycles. The molecule has 0 heterocycles. The Labute approximate surface area is 134 Å². The fourth-order valence-electron chi connectivity index (χ4n) is 2.24. The molecule has 2 aromatic rings. The van der Waals surface area contributed by atoms with E-state index in [1.165, 1.54) is 6.07 Å². The highest BCUT2D eigenvalue weighted by Crippen LogP contribution is 2.28. The number of rotatable bonds is 6. The number of nitrogens with zero attached hydrogens (tertiary/aromatic N) is 1. The van der Waals surface area contributed by atoms with Crippen molar-refractivity contribution in [3.63, 3.8) is 0 Å². The third-order valence-corrected chi connectivity index (χ3v) is 3.69. The van der Waals surface area contributed by atoms with Gasteiger partial charge in [0.05, 0.1) is 22.3 Å². The fraction of sp³-hybridized carbons (Fsp3) is 0.235. The van der Waals surface area contributed by atoms with E-state index >= 15 is 0 Å². The van der Waals surface area contributed by atoms with Gasteiger partial charge in [-0.2, -0.15) is 5.26 Å². The minimum atomic E-state index is -0.588. The maximum atomic E-state index is 13.5. The summed E-state index contributed by atoms with van der Waals surface area (Å²) in [6, 6.07) is 14.5. The highest BCUT2D eigenvalue weighted by molar-refractivity contribution is 6.31. The van der Waals surface area contributed by atoms with Gasteiger partial charge >= 0.3 is 0 Å². The van der Waals surface area contributed by atoms with Gasteiger partial charge in [0.1, 0.15) is 11.9 Å². The number of hydrogen-bond acceptors (Lipinski definition) is 3. The van der Waals surface area contributed by atoms with Gasteiger partial charge in [-0.3, -0.25) is 0 Å². The average Bonchev–Trinajstić information content (AvgIpc) is 2.55. The molecule has 22 heavy (non-hydrogen) atoms. The molecule has 114 valence electrons. The number of halogens is 2. The van der Waals surface area contributed by atoms with Crippen LogP contribution >= 0.6 is 11.6 Å². The van der Waals surface area contributed by atoms with Gasteiger partial charge in [-0.25, -0.2) is 4.39 Å². The van der Waals surface area contributed by atoms with Crippen molar-refractivity contribution < 1.29 is 4.39 Å². The van der Waals surface area contributed by atoms with E-state index in [1.807, 2.05) is 43.4 Å². The Morgan fingerprint density at radius 3 is 2.64 bits per heavy atom. The zero-order valence-electron chi connectivity index (χ0n) is 12.2. The van der Waals surface area contributed by atoms with E-state index in [0.717, 1.165) is 24.6 Å². The predicted molar refractivity (Wildman–Crippen MR) is 87.5 cm³/mol. The highest BCUT2D eigenvalue weighted by Gasteiger charge is 2.15. The van der Waals surface area contributed by atoms with E-state index in [2.05, 4.69) is 10.6 Å². The molecule has 0 aromatic heterocycles. The Morgan fingerprint density at radius 2 is 2.00 bits per heavy atom. The van der Waals surface area contributed by atoms with E-state index in [0.29, 0.717) is 5.69 Å².